The molecule has 0 N–H and O–H groups in total. The predicted molar refractivity (Wildman–Crippen MR) is 66.9 cm³/mol. The number of hydrogen-bond acceptors (Lipinski definition) is 4. The van der Waals surface area contributed by atoms with E-state index in [-0.39, 0.29) is 40.1 Å². The summed E-state index contributed by atoms with van der Waals surface area (Å²) < 4.78 is 0. The second-order valence-electron chi connectivity index (χ2n) is 2.94. The molecule has 88 valence electrons. The molecule has 0 fully saturated rings. The molecule has 0 aromatic heterocycles. The molecule has 2 aliphatic carbocycles. The van der Waals surface area contributed by atoms with Crippen LogP contribution >= 0.6 is 17.0 Å². The molecule has 17 heavy (non-hydrogen) atoms. The van der Waals surface area contributed by atoms with Gasteiger partial charge in [0.2, 0.25) is 0 Å². The fraction of sp³-hybridized carbons (Fsp3) is 0. The molecule has 4 nitrogen and oxygen atoms in total. The van der Waals surface area contributed by atoms with E-state index in [0.29, 0.717) is 0 Å². The number of hydrogen-bond donors (Lipinski definition) is 0. The Hall–Kier alpha value is -1.88. The lowest BCUT2D eigenvalue weighted by Crippen LogP contribution is -1.97. The maximum Gasteiger partial charge on any atom is 0.178 e. The second-order valence-corrected chi connectivity index (χ2v) is 2.94. The minimum absolute atomic E-state index is 0. The van der Waals surface area contributed by atoms with Crippen molar-refractivity contribution in [1.82, 2.24) is 0 Å². The van der Waals surface area contributed by atoms with Crippen LogP contribution in [0.3, 0.4) is 0 Å². The molecule has 0 saturated carbocycles. The molecule has 0 bridgehead atoms. The van der Waals surface area contributed by atoms with E-state index in [1.165, 1.54) is 48.6 Å². The maximum absolute atomic E-state index is 10.3. The highest BCUT2D eigenvalue weighted by Crippen LogP contribution is 1.91. The van der Waals surface area contributed by atoms with E-state index in [1.54, 1.807) is 0 Å². The van der Waals surface area contributed by atoms with Gasteiger partial charge in [0.25, 0.3) is 0 Å². The minimum Gasteiger partial charge on any atom is -0.290 e. The first-order chi connectivity index (χ1) is 7.58. The molecule has 2 rings (SSSR count). The summed E-state index contributed by atoms with van der Waals surface area (Å²) in [4.78, 5) is 41.1. The fourth-order valence-corrected chi connectivity index (χ4v) is 0.879. The maximum atomic E-state index is 10.3. The smallest absolute Gasteiger partial charge is 0.178 e. The van der Waals surface area contributed by atoms with Crippen LogP contribution in [0.1, 0.15) is 0 Å². The molecular formula is C12H9BrO4. The zero-order valence-corrected chi connectivity index (χ0v) is 10.4. The Morgan fingerprint density at radius 3 is 0.647 bits per heavy atom. The van der Waals surface area contributed by atoms with E-state index >= 15 is 0 Å². The largest absolute Gasteiger partial charge is 0.290 e. The Bertz CT molecular complexity index is 347. The normalized spacial score (nSPS) is 16.5. The summed E-state index contributed by atoms with van der Waals surface area (Å²) in [6, 6.07) is 0. The van der Waals surface area contributed by atoms with E-state index in [2.05, 4.69) is 0 Å². The standard InChI is InChI=1S/2C6H4O2.BrH/c2*7-5-1-2-6(8)4-3-5;/h2*1-4H;1H. The van der Waals surface area contributed by atoms with Crippen LogP contribution < -0.4 is 0 Å². The molecule has 0 heterocycles. The van der Waals surface area contributed by atoms with Gasteiger partial charge in [-0.2, -0.15) is 0 Å². The van der Waals surface area contributed by atoms with Gasteiger partial charge in [-0.25, -0.2) is 0 Å². The second kappa shape index (κ2) is 7.40. The van der Waals surface area contributed by atoms with Crippen LogP contribution in [-0.4, -0.2) is 23.1 Å². The van der Waals surface area contributed by atoms with Crippen LogP contribution in [0.15, 0.2) is 48.6 Å². The van der Waals surface area contributed by atoms with Crippen molar-refractivity contribution in [2.75, 3.05) is 0 Å². The third kappa shape index (κ3) is 6.32. The van der Waals surface area contributed by atoms with E-state index in [4.69, 9.17) is 0 Å². The van der Waals surface area contributed by atoms with Crippen molar-refractivity contribution >= 4 is 40.1 Å². The van der Waals surface area contributed by atoms with E-state index in [1.807, 2.05) is 0 Å². The molecule has 0 atom stereocenters. The van der Waals surface area contributed by atoms with Gasteiger partial charge in [-0.1, -0.05) is 0 Å². The van der Waals surface area contributed by atoms with Crippen molar-refractivity contribution in [3.63, 3.8) is 0 Å². The highest BCUT2D eigenvalue weighted by molar-refractivity contribution is 8.93. The van der Waals surface area contributed by atoms with Crippen molar-refractivity contribution in [3.05, 3.63) is 48.6 Å². The molecule has 0 saturated heterocycles. The summed E-state index contributed by atoms with van der Waals surface area (Å²) in [5.41, 5.74) is 0. The van der Waals surface area contributed by atoms with Crippen LogP contribution in [0, 0.1) is 0 Å². The summed E-state index contributed by atoms with van der Waals surface area (Å²) in [5.74, 6) is -0.483. The molecular weight excluding hydrogens is 288 g/mol. The summed E-state index contributed by atoms with van der Waals surface area (Å²) >= 11 is 0. The van der Waals surface area contributed by atoms with Gasteiger partial charge in [0, 0.05) is 0 Å². The van der Waals surface area contributed by atoms with E-state index in [0.717, 1.165) is 0 Å². The number of allylic oxidation sites excluding steroid dienone is 8. The van der Waals surface area contributed by atoms with Gasteiger partial charge >= 0.3 is 0 Å². The van der Waals surface area contributed by atoms with Crippen LogP contribution in [0.25, 0.3) is 0 Å². The van der Waals surface area contributed by atoms with Crippen LogP contribution in [0.2, 0.25) is 0 Å². The summed E-state index contributed by atoms with van der Waals surface area (Å²) in [6.45, 7) is 0. The van der Waals surface area contributed by atoms with Gasteiger partial charge in [0.15, 0.2) is 23.1 Å². The van der Waals surface area contributed by atoms with Gasteiger partial charge in [-0.3, -0.25) is 19.2 Å². The number of halogens is 1. The van der Waals surface area contributed by atoms with Crippen molar-refractivity contribution < 1.29 is 19.2 Å². The van der Waals surface area contributed by atoms with Gasteiger partial charge < -0.3 is 0 Å². The molecule has 0 unspecified atom stereocenters. The Labute approximate surface area is 108 Å². The first kappa shape index (κ1) is 15.1. The first-order valence-corrected chi connectivity index (χ1v) is 4.46. The third-order valence-corrected chi connectivity index (χ3v) is 1.65. The van der Waals surface area contributed by atoms with Crippen molar-refractivity contribution in [1.29, 1.82) is 0 Å². The Morgan fingerprint density at radius 2 is 0.529 bits per heavy atom. The Morgan fingerprint density at radius 1 is 0.412 bits per heavy atom. The summed E-state index contributed by atoms with van der Waals surface area (Å²) in [6.07, 6.45) is 10.0. The lowest BCUT2D eigenvalue weighted by Gasteiger charge is -1.87. The Balaban J connectivity index is 0.000000284. The SMILES string of the molecule is Br.O=C1C=CC(=O)C=C1.O=C1C=CC(=O)C=C1. The van der Waals surface area contributed by atoms with Crippen LogP contribution in [0.4, 0.5) is 0 Å². The number of rotatable bonds is 0. The molecule has 5 heteroatoms. The number of carbonyl (C=O) groups excluding carboxylic acids is 4. The average Bonchev–Trinajstić information content (AvgIpc) is 2.28. The monoisotopic (exact) mass is 296 g/mol. The van der Waals surface area contributed by atoms with Crippen molar-refractivity contribution in [3.8, 4) is 0 Å². The van der Waals surface area contributed by atoms with Gasteiger partial charge in [0.1, 0.15) is 0 Å². The first-order valence-electron chi connectivity index (χ1n) is 4.46. The topological polar surface area (TPSA) is 68.3 Å². The number of carbonyl (C=O) groups is 4. The number of ketones is 4. The molecule has 0 aromatic rings. The zero-order chi connectivity index (χ0) is 12.0. The van der Waals surface area contributed by atoms with Crippen LogP contribution in [0.5, 0.6) is 0 Å². The van der Waals surface area contributed by atoms with E-state index < -0.39 is 0 Å². The van der Waals surface area contributed by atoms with Crippen LogP contribution in [-0.2, 0) is 19.2 Å². The van der Waals surface area contributed by atoms with Gasteiger partial charge in [-0.15, -0.1) is 17.0 Å². The average molecular weight is 297 g/mol. The van der Waals surface area contributed by atoms with Gasteiger partial charge in [0.05, 0.1) is 0 Å². The Kier molecular flexibility index (Phi) is 6.58. The predicted octanol–water partition coefficient (Wildman–Crippen LogP) is 1.08. The fourth-order valence-electron chi connectivity index (χ4n) is 0.879. The van der Waals surface area contributed by atoms with Gasteiger partial charge in [-0.05, 0) is 48.6 Å². The highest BCUT2D eigenvalue weighted by atomic mass is 79.9. The third-order valence-electron chi connectivity index (χ3n) is 1.65. The van der Waals surface area contributed by atoms with E-state index in [9.17, 15) is 19.2 Å². The zero-order valence-electron chi connectivity index (χ0n) is 8.66. The lowest BCUT2D eigenvalue weighted by atomic mass is 10.2. The molecule has 0 aliphatic heterocycles. The summed E-state index contributed by atoms with van der Waals surface area (Å²) in [7, 11) is 0. The summed E-state index contributed by atoms with van der Waals surface area (Å²) in [5, 5.41) is 0. The minimum atomic E-state index is -0.121. The molecule has 0 spiro atoms. The highest BCUT2D eigenvalue weighted by Gasteiger charge is 1.98. The molecule has 0 radical (unpaired) electrons. The van der Waals surface area contributed by atoms with Crippen molar-refractivity contribution in [2.45, 2.75) is 0 Å². The quantitative estimate of drug-likeness (QED) is 0.627. The molecule has 2 aliphatic rings. The molecule has 0 amide bonds. The van der Waals surface area contributed by atoms with Crippen molar-refractivity contribution in [2.24, 2.45) is 0 Å². The molecule has 0 aromatic carbocycles. The lowest BCUT2D eigenvalue weighted by molar-refractivity contribution is -0.113.